The molecule has 135 heavy (non-hydrogen) atoms. The van der Waals surface area contributed by atoms with E-state index in [9.17, 15) is 86.9 Å². The molecular weight excluding hydrogens is 1790 g/mol. The van der Waals surface area contributed by atoms with Crippen LogP contribution in [0.1, 0.15) is 140 Å². The molecular formula is C88H130FN13O33. The van der Waals surface area contributed by atoms with E-state index in [1.807, 2.05) is 12.2 Å². The van der Waals surface area contributed by atoms with E-state index in [1.54, 1.807) is 26.8 Å². The molecule has 3 aromatic rings. The minimum Gasteiger partial charge on any atom is -0.481 e. The number of hydrogen-bond acceptors (Lipinski definition) is 31. The van der Waals surface area contributed by atoms with Crippen LogP contribution in [0.2, 0.25) is 0 Å². The number of nitrogens with one attached hydrogen (secondary N) is 10. The molecule has 6 atom stereocenters. The summed E-state index contributed by atoms with van der Waals surface area (Å²) in [4.78, 5) is 207. The van der Waals surface area contributed by atoms with Crippen LogP contribution in [0.3, 0.4) is 0 Å². The van der Waals surface area contributed by atoms with E-state index < -0.39 is 137 Å². The summed E-state index contributed by atoms with van der Waals surface area (Å²) < 4.78 is 88.5. The minimum absolute atomic E-state index is 0.0433. The van der Waals surface area contributed by atoms with Crippen LogP contribution in [0.15, 0.2) is 35.1 Å². The number of esters is 1. The third kappa shape index (κ3) is 40.7. The van der Waals surface area contributed by atoms with Gasteiger partial charge in [0.25, 0.3) is 17.4 Å². The average Bonchev–Trinajstić information content (AvgIpc) is 1.58. The topological polar surface area (TPSA) is 615 Å². The highest BCUT2D eigenvalue weighted by Gasteiger charge is 2.46. The number of carbonyl (C=O) groups is 15. The first-order valence-electron chi connectivity index (χ1n) is 45.2. The van der Waals surface area contributed by atoms with Crippen LogP contribution in [-0.4, -0.2) is 345 Å². The lowest BCUT2D eigenvalue weighted by Crippen LogP contribution is -2.57. The van der Waals surface area contributed by atoms with E-state index in [0.29, 0.717) is 140 Å². The van der Waals surface area contributed by atoms with Crippen molar-refractivity contribution in [1.82, 2.24) is 62.3 Å². The van der Waals surface area contributed by atoms with Crippen LogP contribution >= 0.6 is 0 Å². The fraction of sp³-hybridized carbons (Fsp3) is 0.648. The van der Waals surface area contributed by atoms with Crippen LogP contribution in [-0.2, 0) is 154 Å². The number of nitrogens with zero attached hydrogens (tertiary/aromatic N) is 3. The van der Waals surface area contributed by atoms with Crippen molar-refractivity contribution in [3.8, 4) is 11.4 Å². The van der Waals surface area contributed by atoms with Crippen LogP contribution in [0.25, 0.3) is 22.3 Å². The standard InChI is InChI=1S/C88H130FN13O33/c1-6-58-59-51-68(63(89)53-67(59)96-79-60(58)54-102-69(79)52-62-61(83(102)115)55-135-86(120)88(62,122)7-2)97-80(112)57(5)94-82(114)78(56(3)4)100-81(113)64(95-74(107)12-10-26-101-75(108)16-17-76(101)109)11-8-9-22-90-71(104)19-27-123-33-39-129-45-49-133-43-37-127-31-24-92-73(106)21-29-125-35-41-131-47-50-134-44-38-128-32-25-93-72(105)20-28-124-34-40-130-46-48-132-42-36-126-30-23-91-70(103)15-13-65(84(116)117)98-87(121)99-66(85(118)119)14-18-77(110)111/h16-17,51-53,56-57,64-66,78,122H,6-15,18-50,54-55H2,1-5H3,(H,90,104)(H,91,103)(H,92,106)(H,93,105)(H,94,114)(H,95,107)(H,97,112)(H,100,113)(H,110,111)(H,116,117)(H,118,119)(H2,98,99,121)/t57-,64-,65-,66-,78-,88-/m0/s1. The van der Waals surface area contributed by atoms with Crippen LogP contribution in [0.4, 0.5) is 14.9 Å². The summed E-state index contributed by atoms with van der Waals surface area (Å²) >= 11 is 0. The maximum atomic E-state index is 16.1. The Hall–Kier alpha value is -11.2. The van der Waals surface area contributed by atoms with Crippen molar-refractivity contribution in [2.45, 2.75) is 173 Å². The van der Waals surface area contributed by atoms with Gasteiger partial charge in [0.15, 0.2) is 5.60 Å². The number of anilines is 1. The Balaban J connectivity index is 0.696. The first kappa shape index (κ1) is 113. The van der Waals surface area contributed by atoms with E-state index in [-0.39, 0.29) is 210 Å². The Morgan fingerprint density at radius 1 is 0.481 bits per heavy atom. The molecule has 2 aromatic heterocycles. The number of ether oxygens (including phenoxy) is 13. The maximum absolute atomic E-state index is 16.1. The molecule has 0 saturated carbocycles. The van der Waals surface area contributed by atoms with Crippen molar-refractivity contribution in [1.29, 1.82) is 0 Å². The second kappa shape index (κ2) is 62.4. The summed E-state index contributed by atoms with van der Waals surface area (Å²) in [5.41, 5.74) is -0.193. The van der Waals surface area contributed by atoms with Gasteiger partial charge in [0, 0.05) is 106 Å². The number of amides is 12. The number of cyclic esters (lactones) is 1. The first-order chi connectivity index (χ1) is 64.9. The predicted octanol–water partition coefficient (Wildman–Crippen LogP) is -0.590. The Morgan fingerprint density at radius 3 is 1.39 bits per heavy atom. The minimum atomic E-state index is -2.05. The Morgan fingerprint density at radius 2 is 0.933 bits per heavy atom. The van der Waals surface area contributed by atoms with Gasteiger partial charge in [-0.05, 0) is 81.9 Å². The molecule has 1 aromatic carbocycles. The molecule has 0 spiro atoms. The fourth-order valence-electron chi connectivity index (χ4n) is 13.7. The smallest absolute Gasteiger partial charge is 0.343 e. The Bertz CT molecular complexity index is 4480. The van der Waals surface area contributed by atoms with Gasteiger partial charge in [-0.2, -0.15) is 0 Å². The van der Waals surface area contributed by atoms with E-state index >= 15 is 4.39 Å². The van der Waals surface area contributed by atoms with Gasteiger partial charge in [-0.25, -0.2) is 28.6 Å². The van der Waals surface area contributed by atoms with E-state index in [2.05, 4.69) is 47.9 Å². The predicted molar refractivity (Wildman–Crippen MR) is 474 cm³/mol. The summed E-state index contributed by atoms with van der Waals surface area (Å²) in [7, 11) is 0. The van der Waals surface area contributed by atoms with Crippen molar-refractivity contribution in [2.75, 3.05) is 197 Å². The van der Waals surface area contributed by atoms with Crippen LogP contribution in [0.5, 0.6) is 0 Å². The number of carbonyl (C=O) groups excluding carboxylic acids is 12. The lowest BCUT2D eigenvalue weighted by molar-refractivity contribution is -0.172. The van der Waals surface area contributed by atoms with E-state index in [0.717, 1.165) is 23.1 Å². The van der Waals surface area contributed by atoms with Gasteiger partial charge in [0.2, 0.25) is 47.3 Å². The maximum Gasteiger partial charge on any atom is 0.343 e. The van der Waals surface area contributed by atoms with Gasteiger partial charge >= 0.3 is 29.9 Å². The second-order valence-corrected chi connectivity index (χ2v) is 31.4. The third-order valence-electron chi connectivity index (χ3n) is 21.1. The molecule has 12 amide bonds. The van der Waals surface area contributed by atoms with Gasteiger partial charge in [-0.15, -0.1) is 0 Å². The molecule has 3 aliphatic rings. The zero-order valence-electron chi connectivity index (χ0n) is 77.0. The van der Waals surface area contributed by atoms with Crippen molar-refractivity contribution in [3.05, 3.63) is 68.8 Å². The molecule has 3 aliphatic heterocycles. The normalized spacial score (nSPS) is 14.8. The largest absolute Gasteiger partial charge is 0.481 e. The van der Waals surface area contributed by atoms with Crippen molar-refractivity contribution >= 4 is 106 Å². The molecule has 0 fully saturated rings. The number of aryl methyl sites for hydroxylation is 1. The summed E-state index contributed by atoms with van der Waals surface area (Å²) in [6.07, 6.45) is 2.13. The average molecular weight is 1920 g/mol. The highest BCUT2D eigenvalue weighted by molar-refractivity contribution is 6.13. The number of carboxylic acids is 3. The summed E-state index contributed by atoms with van der Waals surface area (Å²) in [5, 5.41) is 64.6. The fourth-order valence-corrected chi connectivity index (χ4v) is 13.7. The number of hydrogen-bond donors (Lipinski definition) is 14. The quantitative estimate of drug-likeness (QED) is 0.0149. The van der Waals surface area contributed by atoms with Gasteiger partial charge in [0.1, 0.15) is 42.6 Å². The monoisotopic (exact) mass is 1920 g/mol. The number of halogens is 1. The van der Waals surface area contributed by atoms with Crippen LogP contribution < -0.4 is 58.7 Å². The Labute approximate surface area is 779 Å². The number of aliphatic hydroxyl groups is 1. The number of unbranched alkanes of at least 4 members (excludes halogenated alkanes) is 1. The highest BCUT2D eigenvalue weighted by atomic mass is 19.1. The molecule has 46 nitrogen and oxygen atoms in total. The number of pyridine rings is 2. The number of carboxylic acid groups (broad SMARTS) is 3. The summed E-state index contributed by atoms with van der Waals surface area (Å²) in [5.74, 6) is -11.6. The molecule has 0 unspecified atom stereocenters. The number of benzene rings is 1. The zero-order valence-corrected chi connectivity index (χ0v) is 77.0. The highest BCUT2D eigenvalue weighted by Crippen LogP contribution is 2.41. The lowest BCUT2D eigenvalue weighted by Gasteiger charge is -2.31. The second-order valence-electron chi connectivity index (χ2n) is 31.4. The molecule has 0 saturated heterocycles. The molecule has 752 valence electrons. The SMILES string of the molecule is CCc1c2c(nc3cc(F)c(NC(=O)[C@H](C)NC(=O)[C@@H](NC(=O)[C@H](CCCCNC(=O)CCOCCOCCOCCOCCNC(=O)CCOCCOCCOCCOCCNC(=O)CCOCCOCCOCCOCCNC(=O)CC[C@H](NC(=O)N[C@@H](CCC(=O)O)C(=O)O)C(=O)O)NC(=O)CCCN4C(=O)C=CC4=O)C(C)C)cc13)-c1cc3c(c(=O)n1C2)COC(=O)[C@]3(O)CC. The lowest BCUT2D eigenvalue weighted by atomic mass is 9.86. The zero-order chi connectivity index (χ0) is 98.5. The summed E-state index contributed by atoms with van der Waals surface area (Å²) in [6.45, 7) is 15.3. The molecule has 14 N–H and O–H groups in total. The molecule has 0 bridgehead atoms. The molecule has 0 radical (unpaired) electrons. The van der Waals surface area contributed by atoms with Gasteiger partial charge in [-0.3, -0.25) is 62.4 Å². The van der Waals surface area contributed by atoms with Crippen LogP contribution in [0, 0.1) is 11.7 Å². The number of aliphatic carboxylic acids is 3. The number of rotatable bonds is 74. The molecule has 5 heterocycles. The number of aromatic nitrogens is 2. The third-order valence-corrected chi connectivity index (χ3v) is 21.1. The Kier molecular flexibility index (Phi) is 52.0. The number of urea groups is 1. The van der Waals surface area contributed by atoms with Crippen molar-refractivity contribution < 1.29 is 158 Å². The van der Waals surface area contributed by atoms with Crippen molar-refractivity contribution in [2.24, 2.45) is 5.92 Å². The van der Waals surface area contributed by atoms with E-state index in [1.165, 1.54) is 17.6 Å². The number of fused-ring (bicyclic) bond motifs is 5. The number of imide groups is 1. The van der Waals surface area contributed by atoms with Gasteiger partial charge in [0.05, 0.1) is 193 Å². The van der Waals surface area contributed by atoms with Gasteiger partial charge in [-0.1, -0.05) is 27.7 Å². The van der Waals surface area contributed by atoms with Gasteiger partial charge < -0.3 is 140 Å². The van der Waals surface area contributed by atoms with E-state index in [4.69, 9.17) is 76.8 Å². The molecule has 0 aliphatic carbocycles. The molecule has 6 rings (SSSR count). The van der Waals surface area contributed by atoms with Crippen molar-refractivity contribution in [3.63, 3.8) is 0 Å². The summed E-state index contributed by atoms with van der Waals surface area (Å²) in [6, 6.07) is -3.82. The molecule has 47 heteroatoms. The first-order valence-corrected chi connectivity index (χ1v) is 45.2.